The Morgan fingerprint density at radius 1 is 1.24 bits per heavy atom. The second kappa shape index (κ2) is 6.61. The standard InChI is InChI=1S/C16H22N2O3/c1-3-17(4-2)13-9-7-12(8-10-13)15(19)18-11-5-6-14(18)16(20)21/h7-10,14H,3-6,11H2,1-2H3,(H,20,21)/t14-/m0/s1. The number of aliphatic carboxylic acids is 1. The Balaban J connectivity index is 2.15. The third-order valence-corrected chi connectivity index (χ3v) is 4.04. The molecular formula is C16H22N2O3. The molecule has 0 bridgehead atoms. The van der Waals surface area contributed by atoms with E-state index in [2.05, 4.69) is 18.7 Å². The van der Waals surface area contributed by atoms with E-state index >= 15 is 0 Å². The topological polar surface area (TPSA) is 60.9 Å². The summed E-state index contributed by atoms with van der Waals surface area (Å²) in [6.07, 6.45) is 1.29. The van der Waals surface area contributed by atoms with Gasteiger partial charge in [0.05, 0.1) is 0 Å². The minimum Gasteiger partial charge on any atom is -0.480 e. The Kier molecular flexibility index (Phi) is 4.83. The predicted octanol–water partition coefficient (Wildman–Crippen LogP) is 2.22. The summed E-state index contributed by atoms with van der Waals surface area (Å²) in [6.45, 7) is 6.52. The fraction of sp³-hybridized carbons (Fsp3) is 0.500. The first-order chi connectivity index (χ1) is 10.1. The number of hydrogen-bond acceptors (Lipinski definition) is 3. The lowest BCUT2D eigenvalue weighted by Crippen LogP contribution is -2.40. The van der Waals surface area contributed by atoms with E-state index in [1.165, 1.54) is 4.90 Å². The number of carbonyl (C=O) groups excluding carboxylic acids is 1. The van der Waals surface area contributed by atoms with Crippen LogP contribution in [0.5, 0.6) is 0 Å². The van der Waals surface area contributed by atoms with Crippen LogP contribution in [0.2, 0.25) is 0 Å². The molecule has 114 valence electrons. The van der Waals surface area contributed by atoms with Gasteiger partial charge in [-0.15, -0.1) is 0 Å². The summed E-state index contributed by atoms with van der Waals surface area (Å²) < 4.78 is 0. The van der Waals surface area contributed by atoms with Gasteiger partial charge in [-0.25, -0.2) is 4.79 Å². The molecule has 1 atom stereocenters. The van der Waals surface area contributed by atoms with Crippen molar-refractivity contribution in [1.82, 2.24) is 4.90 Å². The number of benzene rings is 1. The van der Waals surface area contributed by atoms with Gasteiger partial charge in [0.25, 0.3) is 5.91 Å². The highest BCUT2D eigenvalue weighted by molar-refractivity contribution is 5.97. The fourth-order valence-corrected chi connectivity index (χ4v) is 2.84. The molecule has 1 aromatic rings. The number of carboxylic acids is 1. The number of rotatable bonds is 5. The molecule has 0 aliphatic carbocycles. The molecule has 0 saturated carbocycles. The summed E-state index contributed by atoms with van der Waals surface area (Å²) in [7, 11) is 0. The van der Waals surface area contributed by atoms with Crippen molar-refractivity contribution in [2.45, 2.75) is 32.7 Å². The van der Waals surface area contributed by atoms with Crippen LogP contribution >= 0.6 is 0 Å². The van der Waals surface area contributed by atoms with Gasteiger partial charge in [0.15, 0.2) is 0 Å². The minimum atomic E-state index is -0.916. The summed E-state index contributed by atoms with van der Waals surface area (Å²) in [5.74, 6) is -1.10. The van der Waals surface area contributed by atoms with Crippen molar-refractivity contribution in [2.24, 2.45) is 0 Å². The summed E-state index contributed by atoms with van der Waals surface area (Å²) in [4.78, 5) is 27.3. The summed E-state index contributed by atoms with van der Waals surface area (Å²) in [5.41, 5.74) is 1.63. The molecule has 1 amide bonds. The van der Waals surface area contributed by atoms with Gasteiger partial charge in [-0.2, -0.15) is 0 Å². The maximum atomic E-state index is 12.4. The van der Waals surface area contributed by atoms with Crippen LogP contribution < -0.4 is 4.90 Å². The molecule has 21 heavy (non-hydrogen) atoms. The molecule has 1 aliphatic rings. The number of likely N-dealkylation sites (tertiary alicyclic amines) is 1. The van der Waals surface area contributed by atoms with Gasteiger partial charge in [-0.3, -0.25) is 4.79 Å². The van der Waals surface area contributed by atoms with Crippen LogP contribution in [0, 0.1) is 0 Å². The summed E-state index contributed by atoms with van der Waals surface area (Å²) >= 11 is 0. The Bertz CT molecular complexity index is 509. The van der Waals surface area contributed by atoms with E-state index in [1.807, 2.05) is 12.1 Å². The number of anilines is 1. The van der Waals surface area contributed by atoms with Crippen molar-refractivity contribution in [2.75, 3.05) is 24.5 Å². The molecule has 1 fully saturated rings. The van der Waals surface area contributed by atoms with Crippen molar-refractivity contribution >= 4 is 17.6 Å². The van der Waals surface area contributed by atoms with Gasteiger partial charge in [0.1, 0.15) is 6.04 Å². The van der Waals surface area contributed by atoms with E-state index in [1.54, 1.807) is 12.1 Å². The highest BCUT2D eigenvalue weighted by Crippen LogP contribution is 2.22. The van der Waals surface area contributed by atoms with Crippen LogP contribution in [0.25, 0.3) is 0 Å². The molecule has 0 unspecified atom stereocenters. The van der Waals surface area contributed by atoms with Crippen LogP contribution in [0.1, 0.15) is 37.0 Å². The number of carboxylic acid groups (broad SMARTS) is 1. The van der Waals surface area contributed by atoms with E-state index in [-0.39, 0.29) is 5.91 Å². The normalized spacial score (nSPS) is 17.8. The molecule has 1 aliphatic heterocycles. The fourth-order valence-electron chi connectivity index (χ4n) is 2.84. The summed E-state index contributed by atoms with van der Waals surface area (Å²) in [5, 5.41) is 9.16. The molecule has 0 aromatic heterocycles. The molecule has 2 rings (SSSR count). The average molecular weight is 290 g/mol. The minimum absolute atomic E-state index is 0.189. The SMILES string of the molecule is CCN(CC)c1ccc(C(=O)N2CCC[C@H]2C(=O)O)cc1. The molecule has 1 N–H and O–H groups in total. The zero-order valence-electron chi connectivity index (χ0n) is 12.6. The van der Waals surface area contributed by atoms with Crippen LogP contribution in [0.3, 0.4) is 0 Å². The lowest BCUT2D eigenvalue weighted by molar-refractivity contribution is -0.141. The number of nitrogens with zero attached hydrogens (tertiary/aromatic N) is 2. The monoisotopic (exact) mass is 290 g/mol. The van der Waals surface area contributed by atoms with Crippen molar-refractivity contribution in [1.29, 1.82) is 0 Å². The molecule has 1 heterocycles. The lowest BCUT2D eigenvalue weighted by Gasteiger charge is -2.23. The highest BCUT2D eigenvalue weighted by atomic mass is 16.4. The van der Waals surface area contributed by atoms with Gasteiger partial charge in [0, 0.05) is 30.9 Å². The second-order valence-electron chi connectivity index (χ2n) is 5.21. The zero-order valence-corrected chi connectivity index (χ0v) is 12.6. The maximum absolute atomic E-state index is 12.4. The second-order valence-corrected chi connectivity index (χ2v) is 5.21. The quantitative estimate of drug-likeness (QED) is 0.903. The van der Waals surface area contributed by atoms with Gasteiger partial charge in [0.2, 0.25) is 0 Å². The third kappa shape index (κ3) is 3.17. The van der Waals surface area contributed by atoms with E-state index in [0.29, 0.717) is 18.5 Å². The molecule has 5 heteroatoms. The van der Waals surface area contributed by atoms with Gasteiger partial charge in [-0.1, -0.05) is 0 Å². The van der Waals surface area contributed by atoms with Crippen molar-refractivity contribution < 1.29 is 14.7 Å². The van der Waals surface area contributed by atoms with Gasteiger partial charge < -0.3 is 14.9 Å². The molecule has 0 spiro atoms. The van der Waals surface area contributed by atoms with Crippen molar-refractivity contribution in [3.63, 3.8) is 0 Å². The zero-order chi connectivity index (χ0) is 15.4. The molecule has 5 nitrogen and oxygen atoms in total. The van der Waals surface area contributed by atoms with Crippen LogP contribution in [0.15, 0.2) is 24.3 Å². The lowest BCUT2D eigenvalue weighted by atomic mass is 10.1. The average Bonchev–Trinajstić information content (AvgIpc) is 2.98. The van der Waals surface area contributed by atoms with Gasteiger partial charge in [-0.05, 0) is 51.0 Å². The number of hydrogen-bond donors (Lipinski definition) is 1. The molecular weight excluding hydrogens is 268 g/mol. The Morgan fingerprint density at radius 3 is 2.38 bits per heavy atom. The first-order valence-corrected chi connectivity index (χ1v) is 7.47. The first-order valence-electron chi connectivity index (χ1n) is 7.47. The van der Waals surface area contributed by atoms with Crippen molar-refractivity contribution in [3.8, 4) is 0 Å². The Labute approximate surface area is 125 Å². The van der Waals surface area contributed by atoms with Crippen LogP contribution in [-0.2, 0) is 4.79 Å². The molecule has 1 saturated heterocycles. The van der Waals surface area contributed by atoms with Crippen LogP contribution in [-0.4, -0.2) is 47.6 Å². The third-order valence-electron chi connectivity index (χ3n) is 4.04. The summed E-state index contributed by atoms with van der Waals surface area (Å²) in [6, 6.07) is 6.73. The highest BCUT2D eigenvalue weighted by Gasteiger charge is 2.34. The molecule has 0 radical (unpaired) electrons. The van der Waals surface area contributed by atoms with Crippen molar-refractivity contribution in [3.05, 3.63) is 29.8 Å². The van der Waals surface area contributed by atoms with Gasteiger partial charge >= 0.3 is 5.97 Å². The van der Waals surface area contributed by atoms with E-state index in [4.69, 9.17) is 5.11 Å². The first kappa shape index (κ1) is 15.4. The Morgan fingerprint density at radius 2 is 1.86 bits per heavy atom. The number of carbonyl (C=O) groups is 2. The van der Waals surface area contributed by atoms with E-state index in [9.17, 15) is 9.59 Å². The van der Waals surface area contributed by atoms with Crippen LogP contribution in [0.4, 0.5) is 5.69 Å². The largest absolute Gasteiger partial charge is 0.480 e. The molecule has 1 aromatic carbocycles. The van der Waals surface area contributed by atoms with E-state index < -0.39 is 12.0 Å². The maximum Gasteiger partial charge on any atom is 0.326 e. The van der Waals surface area contributed by atoms with E-state index in [0.717, 1.165) is 25.2 Å². The smallest absolute Gasteiger partial charge is 0.326 e. The number of amides is 1. The Hall–Kier alpha value is -2.04. The predicted molar refractivity (Wildman–Crippen MR) is 81.7 cm³/mol.